The molecule has 0 amide bonds. The number of thioether (sulfide) groups is 1. The number of furan rings is 1. The van der Waals surface area contributed by atoms with Gasteiger partial charge in [-0.15, -0.1) is 0 Å². The highest BCUT2D eigenvalue weighted by atomic mass is 32.2. The fraction of sp³-hybridized carbons (Fsp3) is 0.583. The van der Waals surface area contributed by atoms with Gasteiger partial charge >= 0.3 is 5.97 Å². The summed E-state index contributed by atoms with van der Waals surface area (Å²) in [6.45, 7) is 2.45. The molecule has 2 heterocycles. The van der Waals surface area contributed by atoms with Crippen LogP contribution in [0.1, 0.15) is 28.3 Å². The Balaban J connectivity index is 2.03. The van der Waals surface area contributed by atoms with Crippen molar-refractivity contribution in [2.24, 2.45) is 0 Å². The molecule has 4 nitrogen and oxygen atoms in total. The Morgan fingerprint density at radius 1 is 1.71 bits per heavy atom. The van der Waals surface area contributed by atoms with Gasteiger partial charge in [-0.2, -0.15) is 11.8 Å². The fourth-order valence-corrected chi connectivity index (χ4v) is 3.38. The van der Waals surface area contributed by atoms with E-state index in [2.05, 4.69) is 11.9 Å². The Morgan fingerprint density at radius 3 is 3.00 bits per heavy atom. The van der Waals surface area contributed by atoms with Gasteiger partial charge in [0, 0.05) is 17.4 Å². The summed E-state index contributed by atoms with van der Waals surface area (Å²) in [4.78, 5) is 13.1. The standard InChI is InChI=1S/C12H17NO3S/c1-8-5-10(16-11(8)12(14)15)6-13(2)9-3-4-17-7-9/h5,9H,3-4,6-7H2,1-2H3,(H,14,15). The van der Waals surface area contributed by atoms with E-state index in [-0.39, 0.29) is 5.76 Å². The number of carboxylic acid groups (broad SMARTS) is 1. The third-order valence-electron chi connectivity index (χ3n) is 3.10. The van der Waals surface area contributed by atoms with Crippen LogP contribution in [0.4, 0.5) is 0 Å². The second kappa shape index (κ2) is 5.14. The highest BCUT2D eigenvalue weighted by Crippen LogP contribution is 2.23. The first-order valence-electron chi connectivity index (χ1n) is 5.68. The zero-order chi connectivity index (χ0) is 12.4. The molecule has 0 aliphatic carbocycles. The van der Waals surface area contributed by atoms with E-state index in [0.29, 0.717) is 18.2 Å². The Kier molecular flexibility index (Phi) is 3.79. The molecule has 0 aromatic carbocycles. The zero-order valence-corrected chi connectivity index (χ0v) is 10.9. The third kappa shape index (κ3) is 2.84. The van der Waals surface area contributed by atoms with Gasteiger partial charge in [0.05, 0.1) is 6.54 Å². The van der Waals surface area contributed by atoms with Crippen molar-refractivity contribution in [3.8, 4) is 0 Å². The van der Waals surface area contributed by atoms with Crippen molar-refractivity contribution in [1.82, 2.24) is 4.90 Å². The molecule has 1 aromatic rings. The summed E-state index contributed by atoms with van der Waals surface area (Å²) < 4.78 is 5.36. The largest absolute Gasteiger partial charge is 0.475 e. The van der Waals surface area contributed by atoms with Gasteiger partial charge in [0.1, 0.15) is 5.76 Å². The van der Waals surface area contributed by atoms with Crippen LogP contribution in [0, 0.1) is 6.92 Å². The fourth-order valence-electron chi connectivity index (χ4n) is 2.08. The van der Waals surface area contributed by atoms with Gasteiger partial charge in [-0.05, 0) is 32.2 Å². The maximum atomic E-state index is 10.9. The Hall–Kier alpha value is -0.940. The lowest BCUT2D eigenvalue weighted by Crippen LogP contribution is -2.30. The Bertz CT molecular complexity index is 410. The number of carboxylic acids is 1. The van der Waals surface area contributed by atoms with E-state index in [1.165, 1.54) is 12.2 Å². The molecule has 1 aromatic heterocycles. The SMILES string of the molecule is Cc1cc(CN(C)C2CCSC2)oc1C(=O)O. The minimum Gasteiger partial charge on any atom is -0.475 e. The molecule has 0 radical (unpaired) electrons. The van der Waals surface area contributed by atoms with E-state index in [9.17, 15) is 4.79 Å². The predicted octanol–water partition coefficient (Wildman–Crippen LogP) is 2.22. The van der Waals surface area contributed by atoms with E-state index in [1.807, 2.05) is 17.8 Å². The molecular formula is C12H17NO3S. The third-order valence-corrected chi connectivity index (χ3v) is 4.24. The molecule has 17 heavy (non-hydrogen) atoms. The van der Waals surface area contributed by atoms with Crippen molar-refractivity contribution < 1.29 is 14.3 Å². The summed E-state index contributed by atoms with van der Waals surface area (Å²) in [5.74, 6) is 2.18. The lowest BCUT2D eigenvalue weighted by Gasteiger charge is -2.21. The van der Waals surface area contributed by atoms with Crippen LogP contribution in [0.3, 0.4) is 0 Å². The van der Waals surface area contributed by atoms with Crippen LogP contribution in [-0.4, -0.2) is 40.6 Å². The van der Waals surface area contributed by atoms with Crippen molar-refractivity contribution in [3.05, 3.63) is 23.2 Å². The van der Waals surface area contributed by atoms with Gasteiger partial charge in [0.25, 0.3) is 0 Å². The van der Waals surface area contributed by atoms with Crippen LogP contribution in [0.2, 0.25) is 0 Å². The normalized spacial score (nSPS) is 20.1. The average molecular weight is 255 g/mol. The van der Waals surface area contributed by atoms with Crippen molar-refractivity contribution in [1.29, 1.82) is 0 Å². The number of aryl methyl sites for hydroxylation is 1. The Morgan fingerprint density at radius 2 is 2.47 bits per heavy atom. The molecule has 1 saturated heterocycles. The van der Waals surface area contributed by atoms with Gasteiger partial charge in [0.2, 0.25) is 5.76 Å². The molecule has 0 saturated carbocycles. The summed E-state index contributed by atoms with van der Waals surface area (Å²) in [6, 6.07) is 2.40. The van der Waals surface area contributed by atoms with Gasteiger partial charge in [-0.1, -0.05) is 0 Å². The van der Waals surface area contributed by atoms with Crippen molar-refractivity contribution in [2.75, 3.05) is 18.6 Å². The molecule has 2 rings (SSSR count). The molecule has 1 unspecified atom stereocenters. The molecule has 1 aliphatic heterocycles. The predicted molar refractivity (Wildman–Crippen MR) is 67.6 cm³/mol. The van der Waals surface area contributed by atoms with Crippen molar-refractivity contribution in [2.45, 2.75) is 25.9 Å². The number of nitrogens with zero attached hydrogens (tertiary/aromatic N) is 1. The summed E-state index contributed by atoms with van der Waals surface area (Å²) in [5, 5.41) is 8.91. The zero-order valence-electron chi connectivity index (χ0n) is 10.1. The second-order valence-corrected chi connectivity index (χ2v) is 5.61. The molecule has 1 atom stereocenters. The smallest absolute Gasteiger partial charge is 0.372 e. The number of hydrogen-bond acceptors (Lipinski definition) is 4. The molecule has 0 spiro atoms. The van der Waals surface area contributed by atoms with Gasteiger partial charge < -0.3 is 9.52 Å². The topological polar surface area (TPSA) is 53.7 Å². The van der Waals surface area contributed by atoms with E-state index in [1.54, 1.807) is 6.92 Å². The maximum Gasteiger partial charge on any atom is 0.372 e. The van der Waals surface area contributed by atoms with Gasteiger partial charge in [0.15, 0.2) is 0 Å². The number of aromatic carboxylic acids is 1. The number of rotatable bonds is 4. The number of carbonyl (C=O) groups is 1. The highest BCUT2D eigenvalue weighted by Gasteiger charge is 2.22. The van der Waals surface area contributed by atoms with Gasteiger partial charge in [-0.25, -0.2) is 4.79 Å². The summed E-state index contributed by atoms with van der Waals surface area (Å²) in [6.07, 6.45) is 1.20. The molecule has 94 valence electrons. The summed E-state index contributed by atoms with van der Waals surface area (Å²) in [7, 11) is 2.06. The molecule has 1 aliphatic rings. The quantitative estimate of drug-likeness (QED) is 0.894. The van der Waals surface area contributed by atoms with Crippen LogP contribution in [0.15, 0.2) is 10.5 Å². The minimum atomic E-state index is -0.993. The minimum absolute atomic E-state index is 0.0641. The van der Waals surface area contributed by atoms with Crippen LogP contribution in [0.5, 0.6) is 0 Å². The summed E-state index contributed by atoms with van der Waals surface area (Å²) >= 11 is 1.97. The second-order valence-electron chi connectivity index (χ2n) is 4.46. The number of hydrogen-bond donors (Lipinski definition) is 1. The van der Waals surface area contributed by atoms with Crippen molar-refractivity contribution in [3.63, 3.8) is 0 Å². The lowest BCUT2D eigenvalue weighted by molar-refractivity contribution is 0.0657. The van der Waals surface area contributed by atoms with Crippen LogP contribution < -0.4 is 0 Å². The first kappa shape index (κ1) is 12.5. The van der Waals surface area contributed by atoms with E-state index < -0.39 is 5.97 Å². The highest BCUT2D eigenvalue weighted by molar-refractivity contribution is 7.99. The lowest BCUT2D eigenvalue weighted by atomic mass is 10.2. The van der Waals surface area contributed by atoms with Crippen LogP contribution in [-0.2, 0) is 6.54 Å². The summed E-state index contributed by atoms with van der Waals surface area (Å²) in [5.41, 5.74) is 0.696. The molecule has 0 bridgehead atoms. The van der Waals surface area contributed by atoms with E-state index in [0.717, 1.165) is 11.5 Å². The van der Waals surface area contributed by atoms with Crippen molar-refractivity contribution >= 4 is 17.7 Å². The molecule has 1 fully saturated rings. The maximum absolute atomic E-state index is 10.9. The molecule has 1 N–H and O–H groups in total. The molecule has 5 heteroatoms. The first-order valence-corrected chi connectivity index (χ1v) is 6.84. The van der Waals surface area contributed by atoms with E-state index in [4.69, 9.17) is 9.52 Å². The van der Waals surface area contributed by atoms with E-state index >= 15 is 0 Å². The monoisotopic (exact) mass is 255 g/mol. The van der Waals surface area contributed by atoms with Crippen LogP contribution >= 0.6 is 11.8 Å². The van der Waals surface area contributed by atoms with Crippen LogP contribution in [0.25, 0.3) is 0 Å². The average Bonchev–Trinajstić information content (AvgIpc) is 2.86. The first-order chi connectivity index (χ1) is 8.08. The Labute approximate surface area is 105 Å². The molecular weight excluding hydrogens is 238 g/mol. The van der Waals surface area contributed by atoms with Gasteiger partial charge in [-0.3, -0.25) is 4.90 Å².